The molecule has 2 fully saturated rings. The van der Waals surface area contributed by atoms with Gasteiger partial charge in [-0.25, -0.2) is 0 Å². The first-order valence-electron chi connectivity index (χ1n) is 15.3. The molecule has 3 amide bonds. The van der Waals surface area contributed by atoms with Crippen molar-refractivity contribution in [3.63, 3.8) is 0 Å². The minimum absolute atomic E-state index is 0.128. The number of allylic oxidation sites excluding steroid dienone is 1. The Morgan fingerprint density at radius 1 is 1.02 bits per heavy atom. The van der Waals surface area contributed by atoms with Crippen LogP contribution in [0.5, 0.6) is 5.75 Å². The van der Waals surface area contributed by atoms with Crippen LogP contribution in [-0.4, -0.2) is 84.3 Å². The molecule has 46 heavy (non-hydrogen) atoms. The number of anilines is 1. The number of benzene rings is 2. The Morgan fingerprint density at radius 2 is 1.76 bits per heavy atom. The summed E-state index contributed by atoms with van der Waals surface area (Å²) in [7, 11) is 1.55. The number of fused-ring (bicyclic) bond motifs is 2. The van der Waals surface area contributed by atoms with E-state index < -0.39 is 66.1 Å². The zero-order valence-electron chi connectivity index (χ0n) is 25.5. The van der Waals surface area contributed by atoms with Crippen LogP contribution >= 0.6 is 15.9 Å². The monoisotopic (exact) mass is 693 g/mol. The number of nitrogens with one attached hydrogen (secondary N) is 1. The molecule has 2 N–H and O–H groups in total. The van der Waals surface area contributed by atoms with Gasteiger partial charge in [0.15, 0.2) is 0 Å². The Labute approximate surface area is 275 Å². The number of carbonyl (C=O) groups excluding carboxylic acids is 4. The van der Waals surface area contributed by atoms with Gasteiger partial charge >= 0.3 is 5.97 Å². The zero-order valence-corrected chi connectivity index (χ0v) is 27.1. The smallest absolute Gasteiger partial charge is 0.313 e. The van der Waals surface area contributed by atoms with Crippen molar-refractivity contribution in [1.82, 2.24) is 10.2 Å². The summed E-state index contributed by atoms with van der Waals surface area (Å²) in [5, 5.41) is 13.0. The van der Waals surface area contributed by atoms with Crippen LogP contribution < -0.4 is 15.0 Å². The predicted octanol–water partition coefficient (Wildman–Crippen LogP) is 3.03. The molecule has 2 aromatic carbocycles. The third-order valence-corrected chi connectivity index (χ3v) is 9.81. The van der Waals surface area contributed by atoms with Gasteiger partial charge in [-0.2, -0.15) is 0 Å². The lowest BCUT2D eigenvalue weighted by Crippen LogP contribution is -2.56. The van der Waals surface area contributed by atoms with E-state index in [-0.39, 0.29) is 25.4 Å². The molecule has 1 spiro atoms. The highest BCUT2D eigenvalue weighted by Gasteiger charge is 2.75. The van der Waals surface area contributed by atoms with Crippen LogP contribution in [-0.2, 0) is 28.7 Å². The Balaban J connectivity index is 1.45. The molecule has 4 aliphatic rings. The molecule has 7 atom stereocenters. The summed E-state index contributed by atoms with van der Waals surface area (Å²) in [6, 6.07) is 14.3. The van der Waals surface area contributed by atoms with E-state index >= 15 is 0 Å². The van der Waals surface area contributed by atoms with E-state index in [1.54, 1.807) is 50.5 Å². The molecular formula is C34H36BrN3O8. The summed E-state index contributed by atoms with van der Waals surface area (Å²) >= 11 is 3.55. The van der Waals surface area contributed by atoms with Crippen molar-refractivity contribution in [3.8, 4) is 5.75 Å². The molecular weight excluding hydrogens is 658 g/mol. The summed E-state index contributed by atoms with van der Waals surface area (Å²) in [5.74, 6) is -3.36. The number of ether oxygens (including phenoxy) is 3. The van der Waals surface area contributed by atoms with Gasteiger partial charge in [0.2, 0.25) is 11.8 Å². The largest absolute Gasteiger partial charge is 0.497 e. The Morgan fingerprint density at radius 3 is 2.46 bits per heavy atom. The highest BCUT2D eigenvalue weighted by molar-refractivity contribution is 9.11. The Kier molecular flexibility index (Phi) is 9.04. The molecule has 0 radical (unpaired) electrons. The van der Waals surface area contributed by atoms with Gasteiger partial charge in [-0.05, 0) is 49.2 Å². The second-order valence-corrected chi connectivity index (χ2v) is 12.8. The van der Waals surface area contributed by atoms with Gasteiger partial charge in [-0.15, -0.1) is 0 Å². The van der Waals surface area contributed by atoms with Crippen molar-refractivity contribution in [2.45, 2.75) is 49.7 Å². The molecule has 0 unspecified atom stereocenters. The summed E-state index contributed by atoms with van der Waals surface area (Å²) in [5.41, 5.74) is -0.257. The van der Waals surface area contributed by atoms with Gasteiger partial charge in [0.1, 0.15) is 35.5 Å². The number of methoxy groups -OCH3 is 1. The average molecular weight is 695 g/mol. The van der Waals surface area contributed by atoms with Crippen LogP contribution in [0.25, 0.3) is 0 Å². The number of hydrogen-bond acceptors (Lipinski definition) is 8. The molecule has 242 valence electrons. The van der Waals surface area contributed by atoms with Gasteiger partial charge in [-0.1, -0.05) is 58.4 Å². The maximum Gasteiger partial charge on any atom is 0.313 e. The van der Waals surface area contributed by atoms with E-state index in [4.69, 9.17) is 14.2 Å². The van der Waals surface area contributed by atoms with Crippen LogP contribution in [0.15, 0.2) is 77.3 Å². The van der Waals surface area contributed by atoms with Gasteiger partial charge in [0, 0.05) is 29.7 Å². The van der Waals surface area contributed by atoms with Crippen molar-refractivity contribution in [3.05, 3.63) is 82.9 Å². The Hall–Kier alpha value is -4.00. The van der Waals surface area contributed by atoms with Gasteiger partial charge in [0.05, 0.1) is 25.7 Å². The van der Waals surface area contributed by atoms with Crippen LogP contribution in [0.2, 0.25) is 0 Å². The van der Waals surface area contributed by atoms with Crippen molar-refractivity contribution >= 4 is 45.3 Å². The first-order valence-corrected chi connectivity index (χ1v) is 16.1. The molecule has 5 bridgehead atoms. The maximum absolute atomic E-state index is 14.7. The third kappa shape index (κ3) is 5.52. The normalized spacial score (nSPS) is 32.1. The average Bonchev–Trinajstić information content (AvgIpc) is 3.64. The summed E-state index contributed by atoms with van der Waals surface area (Å²) < 4.78 is 18.5. The molecule has 11 nitrogen and oxygen atoms in total. The number of cyclic esters (lactones) is 1. The second-order valence-electron chi connectivity index (χ2n) is 11.9. The molecule has 12 heteroatoms. The van der Waals surface area contributed by atoms with E-state index in [1.807, 2.05) is 36.4 Å². The number of carbonyl (C=O) groups is 4. The van der Waals surface area contributed by atoms with Crippen molar-refractivity contribution in [1.29, 1.82) is 0 Å². The lowest BCUT2D eigenvalue weighted by Gasteiger charge is -2.35. The lowest BCUT2D eigenvalue weighted by molar-refractivity contribution is -0.161. The van der Waals surface area contributed by atoms with Crippen LogP contribution in [0, 0.1) is 11.8 Å². The highest BCUT2D eigenvalue weighted by Crippen LogP contribution is 2.59. The van der Waals surface area contributed by atoms with Crippen molar-refractivity contribution < 1.29 is 38.5 Å². The molecule has 4 heterocycles. The number of likely N-dealkylation sites (tertiary alicyclic amines) is 1. The van der Waals surface area contributed by atoms with Crippen LogP contribution in [0.3, 0.4) is 0 Å². The number of β-amino-alcohol motifs (C(OH)–C–C–N with tert-alkyl or cyclic N) is 1. The molecule has 0 aliphatic carbocycles. The summed E-state index contributed by atoms with van der Waals surface area (Å²) in [6.07, 6.45) is 4.24. The standard InChI is InChI=1S/C34H36BrN3O8/c1-20-28(21-9-5-3-6-10-21)45-33(43)26-27-31(41)38(17-18-39)30(34(27)19-24(35)29(26)46-34)32(42)37(16-8-4-7-11-25(40)36-20)22-12-14-23(44-2)15-13-22/h3-6,8-10,12-15,19-20,26-30,39H,7,11,16-18H2,1-2H3,(H,36,40)/b8-4-/t20-,26+,27-,28+,29+,30+,34-/m1/s1. The first kappa shape index (κ1) is 32.0. The Bertz CT molecular complexity index is 1560. The van der Waals surface area contributed by atoms with E-state index in [2.05, 4.69) is 21.2 Å². The predicted molar refractivity (Wildman–Crippen MR) is 171 cm³/mol. The number of halogens is 1. The van der Waals surface area contributed by atoms with E-state index in [1.165, 1.54) is 9.80 Å². The molecule has 0 aromatic heterocycles. The summed E-state index contributed by atoms with van der Waals surface area (Å²) in [6.45, 7) is 1.39. The highest BCUT2D eigenvalue weighted by atomic mass is 79.9. The minimum atomic E-state index is -1.49. The second kappa shape index (κ2) is 13.0. The fraction of sp³-hybridized carbons (Fsp3) is 0.412. The quantitative estimate of drug-likeness (QED) is 0.361. The van der Waals surface area contributed by atoms with Gasteiger partial charge in [0.25, 0.3) is 5.91 Å². The molecule has 6 rings (SSSR count). The van der Waals surface area contributed by atoms with E-state index in [0.717, 1.165) is 0 Å². The number of aliphatic hydroxyl groups is 1. The number of aliphatic hydroxyl groups excluding tert-OH is 1. The third-order valence-electron chi connectivity index (χ3n) is 9.13. The topological polar surface area (TPSA) is 135 Å². The zero-order chi connectivity index (χ0) is 32.6. The molecule has 2 saturated heterocycles. The summed E-state index contributed by atoms with van der Waals surface area (Å²) in [4.78, 5) is 58.9. The molecule has 4 aliphatic heterocycles. The van der Waals surface area contributed by atoms with Crippen molar-refractivity contribution in [2.24, 2.45) is 11.8 Å². The van der Waals surface area contributed by atoms with E-state index in [0.29, 0.717) is 27.9 Å². The molecule has 2 aromatic rings. The number of rotatable bonds is 5. The van der Waals surface area contributed by atoms with Gasteiger partial charge < -0.3 is 34.4 Å². The minimum Gasteiger partial charge on any atom is -0.497 e. The lowest BCUT2D eigenvalue weighted by atomic mass is 9.74. The SMILES string of the molecule is COc1ccc(N2C/C=C\CCC(=O)N[C@H](C)[C@@H](c3ccccc3)OC(=O)[C@@H]3[C@H]4O[C@@]5(C=C4Br)[C@H](C2=O)N(CCO)C(=O)[C@@H]35)cc1. The van der Waals surface area contributed by atoms with Crippen molar-refractivity contribution in [2.75, 3.05) is 31.7 Å². The fourth-order valence-electron chi connectivity index (χ4n) is 7.07. The number of amides is 3. The molecule has 0 saturated carbocycles. The van der Waals surface area contributed by atoms with Crippen LogP contribution in [0.1, 0.15) is 31.4 Å². The van der Waals surface area contributed by atoms with E-state index in [9.17, 15) is 24.3 Å². The maximum atomic E-state index is 14.7. The fourth-order valence-corrected chi connectivity index (χ4v) is 7.80. The van der Waals surface area contributed by atoms with Crippen LogP contribution in [0.4, 0.5) is 5.69 Å². The first-order chi connectivity index (χ1) is 22.2. The number of esters is 1. The number of hydrogen-bond donors (Lipinski definition) is 2. The number of nitrogens with zero attached hydrogens (tertiary/aromatic N) is 2. The van der Waals surface area contributed by atoms with Gasteiger partial charge in [-0.3, -0.25) is 19.2 Å².